The summed E-state index contributed by atoms with van der Waals surface area (Å²) in [5.74, 6) is 0. The average Bonchev–Trinajstić information content (AvgIpc) is 2.30. The molecule has 0 aromatic carbocycles. The van der Waals surface area contributed by atoms with Crippen molar-refractivity contribution in [3.8, 4) is 6.07 Å². The molecule has 0 spiro atoms. The average molecular weight is 181 g/mol. The van der Waals surface area contributed by atoms with E-state index in [0.29, 0.717) is 18.5 Å². The van der Waals surface area contributed by atoms with Crippen molar-refractivity contribution < 1.29 is 0 Å². The summed E-state index contributed by atoms with van der Waals surface area (Å²) in [7, 11) is 0. The van der Waals surface area contributed by atoms with E-state index < -0.39 is 0 Å². The Labute approximate surface area is 80.7 Å². The molecule has 1 fully saturated rings. The van der Waals surface area contributed by atoms with E-state index >= 15 is 0 Å². The first-order valence-corrected chi connectivity index (χ1v) is 5.12. The third kappa shape index (κ3) is 2.98. The molecule has 1 rings (SSSR count). The summed E-state index contributed by atoms with van der Waals surface area (Å²) in [6, 6.07) is 3.27. The zero-order chi connectivity index (χ0) is 9.68. The number of nitriles is 1. The lowest BCUT2D eigenvalue weighted by molar-refractivity contribution is 0.222. The lowest BCUT2D eigenvalue weighted by Gasteiger charge is -2.25. The van der Waals surface area contributed by atoms with Gasteiger partial charge in [-0.1, -0.05) is 6.92 Å². The maximum Gasteiger partial charge on any atom is 0.0638 e. The molecule has 0 saturated carbocycles. The molecule has 13 heavy (non-hydrogen) atoms. The molecule has 0 aromatic heterocycles. The second-order valence-electron chi connectivity index (χ2n) is 3.74. The first-order valence-electron chi connectivity index (χ1n) is 5.12. The van der Waals surface area contributed by atoms with E-state index in [4.69, 9.17) is 5.26 Å². The van der Waals surface area contributed by atoms with E-state index in [0.717, 1.165) is 19.6 Å². The molecule has 0 radical (unpaired) electrons. The fraction of sp³-hybridized carbons (Fsp3) is 0.900. The molecule has 2 atom stereocenters. The van der Waals surface area contributed by atoms with Gasteiger partial charge in [0.05, 0.1) is 12.5 Å². The third-order valence-electron chi connectivity index (χ3n) is 2.80. The van der Waals surface area contributed by atoms with Crippen molar-refractivity contribution in [3.63, 3.8) is 0 Å². The Hall–Kier alpha value is -0.590. The molecule has 0 aromatic rings. The highest BCUT2D eigenvalue weighted by atomic mass is 15.2. The number of hydrogen-bond acceptors (Lipinski definition) is 3. The first-order chi connectivity index (χ1) is 6.27. The Kier molecular flexibility index (Phi) is 4.20. The van der Waals surface area contributed by atoms with Crippen LogP contribution in [0.2, 0.25) is 0 Å². The smallest absolute Gasteiger partial charge is 0.0638 e. The second kappa shape index (κ2) is 5.21. The van der Waals surface area contributed by atoms with Crippen LogP contribution in [0.25, 0.3) is 0 Å². The van der Waals surface area contributed by atoms with Gasteiger partial charge in [0.25, 0.3) is 0 Å². The fourth-order valence-corrected chi connectivity index (χ4v) is 1.83. The number of rotatable bonds is 2. The van der Waals surface area contributed by atoms with Crippen LogP contribution in [0.1, 0.15) is 26.7 Å². The van der Waals surface area contributed by atoms with Crippen LogP contribution in [0, 0.1) is 11.3 Å². The van der Waals surface area contributed by atoms with Gasteiger partial charge in [-0.2, -0.15) is 5.26 Å². The van der Waals surface area contributed by atoms with E-state index in [-0.39, 0.29) is 0 Å². The SMILES string of the molecule is CCN1CCC(C)NCC1CC#N. The van der Waals surface area contributed by atoms with Gasteiger partial charge in [0.1, 0.15) is 0 Å². The van der Waals surface area contributed by atoms with Crippen molar-refractivity contribution >= 4 is 0 Å². The highest BCUT2D eigenvalue weighted by Crippen LogP contribution is 2.09. The van der Waals surface area contributed by atoms with Crippen LogP contribution in [-0.4, -0.2) is 36.6 Å². The summed E-state index contributed by atoms with van der Waals surface area (Å²) in [6.45, 7) is 7.52. The van der Waals surface area contributed by atoms with Crippen LogP contribution in [0.4, 0.5) is 0 Å². The van der Waals surface area contributed by atoms with Crippen molar-refractivity contribution in [1.82, 2.24) is 10.2 Å². The summed E-state index contributed by atoms with van der Waals surface area (Å²) in [5, 5.41) is 12.1. The van der Waals surface area contributed by atoms with Crippen LogP contribution in [0.5, 0.6) is 0 Å². The lowest BCUT2D eigenvalue weighted by atomic mass is 10.2. The number of nitrogens with one attached hydrogen (secondary N) is 1. The van der Waals surface area contributed by atoms with Gasteiger partial charge in [-0.25, -0.2) is 0 Å². The Bertz CT molecular complexity index is 185. The summed E-state index contributed by atoms with van der Waals surface area (Å²) in [5.41, 5.74) is 0. The van der Waals surface area contributed by atoms with Crippen LogP contribution in [-0.2, 0) is 0 Å². The van der Waals surface area contributed by atoms with Crippen LogP contribution < -0.4 is 5.32 Å². The van der Waals surface area contributed by atoms with Crippen molar-refractivity contribution in [2.24, 2.45) is 0 Å². The maximum absolute atomic E-state index is 8.69. The molecule has 1 aliphatic rings. The van der Waals surface area contributed by atoms with Gasteiger partial charge < -0.3 is 5.32 Å². The molecular formula is C10H19N3. The molecule has 1 heterocycles. The summed E-state index contributed by atoms with van der Waals surface area (Å²) < 4.78 is 0. The highest BCUT2D eigenvalue weighted by Gasteiger charge is 2.21. The Morgan fingerprint density at radius 3 is 3.00 bits per heavy atom. The van der Waals surface area contributed by atoms with Crippen molar-refractivity contribution in [2.45, 2.75) is 38.8 Å². The number of hydrogen-bond donors (Lipinski definition) is 1. The standard InChI is InChI=1S/C10H19N3/c1-3-13-7-5-9(2)12-8-10(13)4-6-11/h9-10,12H,3-5,7-8H2,1-2H3. The molecule has 1 saturated heterocycles. The van der Waals surface area contributed by atoms with Crippen molar-refractivity contribution in [1.29, 1.82) is 5.26 Å². The maximum atomic E-state index is 8.69. The van der Waals surface area contributed by atoms with E-state index in [2.05, 4.69) is 30.1 Å². The van der Waals surface area contributed by atoms with Gasteiger partial charge in [-0.15, -0.1) is 0 Å². The largest absolute Gasteiger partial charge is 0.313 e. The molecule has 1 aliphatic heterocycles. The summed E-state index contributed by atoms with van der Waals surface area (Å²) >= 11 is 0. The van der Waals surface area contributed by atoms with Crippen molar-refractivity contribution in [3.05, 3.63) is 0 Å². The van der Waals surface area contributed by atoms with Gasteiger partial charge in [0.2, 0.25) is 0 Å². The quantitative estimate of drug-likeness (QED) is 0.690. The predicted octanol–water partition coefficient (Wildman–Crippen LogP) is 0.972. The third-order valence-corrected chi connectivity index (χ3v) is 2.80. The van der Waals surface area contributed by atoms with Crippen LogP contribution >= 0.6 is 0 Å². The topological polar surface area (TPSA) is 39.1 Å². The monoisotopic (exact) mass is 181 g/mol. The minimum atomic E-state index is 0.417. The van der Waals surface area contributed by atoms with Crippen LogP contribution in [0.15, 0.2) is 0 Å². The molecule has 0 bridgehead atoms. The number of likely N-dealkylation sites (N-methyl/N-ethyl adjacent to an activating group) is 1. The van der Waals surface area contributed by atoms with Gasteiger partial charge in [-0.05, 0) is 26.4 Å². The van der Waals surface area contributed by atoms with E-state index in [1.54, 1.807) is 0 Å². The molecular weight excluding hydrogens is 162 g/mol. The van der Waals surface area contributed by atoms with Crippen molar-refractivity contribution in [2.75, 3.05) is 19.6 Å². The fourth-order valence-electron chi connectivity index (χ4n) is 1.83. The predicted molar refractivity (Wildman–Crippen MR) is 53.3 cm³/mol. The Morgan fingerprint density at radius 1 is 1.62 bits per heavy atom. The zero-order valence-electron chi connectivity index (χ0n) is 8.58. The van der Waals surface area contributed by atoms with Crippen LogP contribution in [0.3, 0.4) is 0 Å². The second-order valence-corrected chi connectivity index (χ2v) is 3.74. The lowest BCUT2D eigenvalue weighted by Crippen LogP contribution is -2.39. The summed E-state index contributed by atoms with van der Waals surface area (Å²) in [4.78, 5) is 2.40. The van der Waals surface area contributed by atoms with Gasteiger partial charge in [0, 0.05) is 18.6 Å². The van der Waals surface area contributed by atoms with Gasteiger partial charge in [0.15, 0.2) is 0 Å². The first kappa shape index (κ1) is 10.5. The van der Waals surface area contributed by atoms with Gasteiger partial charge >= 0.3 is 0 Å². The number of nitrogens with zero attached hydrogens (tertiary/aromatic N) is 2. The highest BCUT2D eigenvalue weighted by molar-refractivity contribution is 4.87. The zero-order valence-corrected chi connectivity index (χ0v) is 8.58. The van der Waals surface area contributed by atoms with E-state index in [1.165, 1.54) is 6.42 Å². The van der Waals surface area contributed by atoms with Gasteiger partial charge in [-0.3, -0.25) is 4.90 Å². The normalized spacial score (nSPS) is 30.8. The molecule has 0 amide bonds. The molecule has 2 unspecified atom stereocenters. The molecule has 0 aliphatic carbocycles. The molecule has 1 N–H and O–H groups in total. The molecule has 3 heteroatoms. The van der Waals surface area contributed by atoms with E-state index in [9.17, 15) is 0 Å². The Balaban J connectivity index is 2.52. The molecule has 3 nitrogen and oxygen atoms in total. The summed E-state index contributed by atoms with van der Waals surface area (Å²) in [6.07, 6.45) is 1.84. The van der Waals surface area contributed by atoms with E-state index in [1.807, 2.05) is 0 Å². The Morgan fingerprint density at radius 2 is 2.38 bits per heavy atom. The minimum absolute atomic E-state index is 0.417. The molecule has 74 valence electrons. The minimum Gasteiger partial charge on any atom is -0.313 e.